The largest absolute Gasteiger partial charge is 0.412 e. The SMILES string of the molecule is CCCNS(=O)(=O)c1cc(C(=O)CCC(=O)OC(N)=O)ccc1Cl. The summed E-state index contributed by atoms with van der Waals surface area (Å²) in [6.07, 6.45) is -1.29. The third kappa shape index (κ3) is 5.91. The third-order valence-corrected chi connectivity index (χ3v) is 4.80. The van der Waals surface area contributed by atoms with Gasteiger partial charge in [-0.1, -0.05) is 18.5 Å². The zero-order valence-corrected chi connectivity index (χ0v) is 14.4. The van der Waals surface area contributed by atoms with Crippen LogP contribution in [0.1, 0.15) is 36.5 Å². The molecule has 1 aromatic rings. The summed E-state index contributed by atoms with van der Waals surface area (Å²) in [6.45, 7) is 2.03. The van der Waals surface area contributed by atoms with Gasteiger partial charge in [-0.15, -0.1) is 0 Å². The molecule has 24 heavy (non-hydrogen) atoms. The highest BCUT2D eigenvalue weighted by atomic mass is 35.5. The topological polar surface area (TPSA) is 133 Å². The first-order valence-corrected chi connectivity index (χ1v) is 8.86. The molecule has 10 heteroatoms. The lowest BCUT2D eigenvalue weighted by Gasteiger charge is -2.09. The first kappa shape index (κ1) is 20.1. The van der Waals surface area contributed by atoms with Crippen molar-refractivity contribution in [2.45, 2.75) is 31.1 Å². The number of carbonyl (C=O) groups is 3. The summed E-state index contributed by atoms with van der Waals surface area (Å²) in [6, 6.07) is 3.78. The van der Waals surface area contributed by atoms with Crippen molar-refractivity contribution in [2.24, 2.45) is 5.73 Å². The molecule has 132 valence electrons. The number of carbonyl (C=O) groups excluding carboxylic acids is 3. The van der Waals surface area contributed by atoms with Crippen molar-refractivity contribution >= 4 is 39.5 Å². The fourth-order valence-electron chi connectivity index (χ4n) is 1.72. The summed E-state index contributed by atoms with van der Waals surface area (Å²) in [5.74, 6) is -1.44. The lowest BCUT2D eigenvalue weighted by molar-refractivity contribution is -0.137. The van der Waals surface area contributed by atoms with Crippen LogP contribution in [0.15, 0.2) is 23.1 Å². The highest BCUT2D eigenvalue weighted by molar-refractivity contribution is 7.89. The van der Waals surface area contributed by atoms with E-state index in [1.54, 1.807) is 6.92 Å². The minimum Gasteiger partial charge on any atom is -0.376 e. The van der Waals surface area contributed by atoms with Crippen LogP contribution in [0.4, 0.5) is 4.79 Å². The normalized spacial score (nSPS) is 11.1. The number of Topliss-reactive ketones (excluding diaryl/α,β-unsaturated/α-hetero) is 1. The molecule has 1 rings (SSSR count). The quantitative estimate of drug-likeness (QED) is 0.402. The minimum absolute atomic E-state index is 0.0247. The molecule has 0 aromatic heterocycles. The van der Waals surface area contributed by atoms with E-state index in [4.69, 9.17) is 11.6 Å². The van der Waals surface area contributed by atoms with Gasteiger partial charge in [0.1, 0.15) is 4.90 Å². The maximum atomic E-state index is 12.1. The molecule has 0 aliphatic rings. The molecule has 1 amide bonds. The number of sulfonamides is 1. The number of amides is 1. The second kappa shape index (κ2) is 8.76. The molecular formula is C14H17ClN2O6S. The Morgan fingerprint density at radius 3 is 2.50 bits per heavy atom. The van der Waals surface area contributed by atoms with Gasteiger partial charge < -0.3 is 10.5 Å². The number of hydrogen-bond acceptors (Lipinski definition) is 6. The predicted molar refractivity (Wildman–Crippen MR) is 86.2 cm³/mol. The van der Waals surface area contributed by atoms with Crippen molar-refractivity contribution in [1.29, 1.82) is 0 Å². The monoisotopic (exact) mass is 376 g/mol. The highest BCUT2D eigenvalue weighted by Crippen LogP contribution is 2.23. The summed E-state index contributed by atoms with van der Waals surface area (Å²) in [7, 11) is -3.84. The maximum Gasteiger partial charge on any atom is 0.412 e. The number of ether oxygens (including phenoxy) is 1. The molecule has 0 spiro atoms. The van der Waals surface area contributed by atoms with Crippen molar-refractivity contribution in [1.82, 2.24) is 4.72 Å². The Hall–Kier alpha value is -1.97. The highest BCUT2D eigenvalue weighted by Gasteiger charge is 2.20. The molecule has 0 aliphatic heterocycles. The minimum atomic E-state index is -3.84. The number of hydrogen-bond donors (Lipinski definition) is 2. The molecule has 0 unspecified atom stereocenters. The van der Waals surface area contributed by atoms with Gasteiger partial charge in [-0.25, -0.2) is 17.9 Å². The van der Waals surface area contributed by atoms with E-state index in [1.807, 2.05) is 0 Å². The molecule has 0 radical (unpaired) electrons. The van der Waals surface area contributed by atoms with Crippen molar-refractivity contribution in [3.05, 3.63) is 28.8 Å². The number of esters is 1. The summed E-state index contributed by atoms with van der Waals surface area (Å²) < 4.78 is 30.7. The van der Waals surface area contributed by atoms with Gasteiger partial charge in [0.05, 0.1) is 11.4 Å². The Bertz CT molecular complexity index is 748. The molecule has 0 fully saturated rings. The number of rotatable bonds is 8. The average Bonchev–Trinajstić information content (AvgIpc) is 2.50. The summed E-state index contributed by atoms with van der Waals surface area (Å²) in [5, 5.41) is -0.0247. The Morgan fingerprint density at radius 2 is 1.92 bits per heavy atom. The van der Waals surface area contributed by atoms with E-state index in [-0.39, 0.29) is 34.9 Å². The number of halogens is 1. The van der Waals surface area contributed by atoms with Gasteiger partial charge in [0.2, 0.25) is 10.0 Å². The summed E-state index contributed by atoms with van der Waals surface area (Å²) >= 11 is 5.89. The summed E-state index contributed by atoms with van der Waals surface area (Å²) in [5.41, 5.74) is 4.75. The lowest BCUT2D eigenvalue weighted by Crippen LogP contribution is -2.25. The van der Waals surface area contributed by atoms with Crippen LogP contribution < -0.4 is 10.5 Å². The zero-order chi connectivity index (χ0) is 18.3. The molecule has 0 saturated carbocycles. The number of nitrogens with one attached hydrogen (secondary N) is 1. The third-order valence-electron chi connectivity index (χ3n) is 2.86. The molecule has 8 nitrogen and oxygen atoms in total. The number of primary amides is 1. The van der Waals surface area contributed by atoms with Gasteiger partial charge in [0, 0.05) is 18.5 Å². The van der Waals surface area contributed by atoms with Crippen molar-refractivity contribution in [3.8, 4) is 0 Å². The fourth-order valence-corrected chi connectivity index (χ4v) is 3.38. The van der Waals surface area contributed by atoms with Crippen LogP contribution in [0.2, 0.25) is 5.02 Å². The Kier molecular flexibility index (Phi) is 7.33. The van der Waals surface area contributed by atoms with Gasteiger partial charge >= 0.3 is 12.1 Å². The Labute approximate surface area is 144 Å². The van der Waals surface area contributed by atoms with Crippen molar-refractivity contribution in [3.63, 3.8) is 0 Å². The fraction of sp³-hybridized carbons (Fsp3) is 0.357. The molecule has 0 aliphatic carbocycles. The second-order valence-corrected chi connectivity index (χ2v) is 6.90. The van der Waals surface area contributed by atoms with E-state index >= 15 is 0 Å². The van der Waals surface area contributed by atoms with Gasteiger partial charge in [-0.2, -0.15) is 0 Å². The molecule has 3 N–H and O–H groups in total. The van der Waals surface area contributed by atoms with E-state index in [0.29, 0.717) is 6.42 Å². The molecular weight excluding hydrogens is 360 g/mol. The smallest absolute Gasteiger partial charge is 0.376 e. The first-order valence-electron chi connectivity index (χ1n) is 7.00. The van der Waals surface area contributed by atoms with Crippen LogP contribution >= 0.6 is 11.6 Å². The molecule has 0 heterocycles. The predicted octanol–water partition coefficient (Wildman–Crippen LogP) is 1.61. The lowest BCUT2D eigenvalue weighted by atomic mass is 10.1. The van der Waals surface area contributed by atoms with E-state index in [9.17, 15) is 22.8 Å². The van der Waals surface area contributed by atoms with E-state index in [0.717, 1.165) is 6.07 Å². The summed E-state index contributed by atoms with van der Waals surface area (Å²) in [4.78, 5) is 33.4. The first-order chi connectivity index (χ1) is 11.2. The Balaban J connectivity index is 2.90. The molecule has 1 aromatic carbocycles. The average molecular weight is 377 g/mol. The van der Waals surface area contributed by atoms with Crippen LogP contribution in [0.3, 0.4) is 0 Å². The van der Waals surface area contributed by atoms with E-state index in [1.165, 1.54) is 12.1 Å². The molecule has 0 atom stereocenters. The van der Waals surface area contributed by atoms with Gasteiger partial charge in [0.25, 0.3) is 0 Å². The van der Waals surface area contributed by atoms with Crippen LogP contribution in [0.5, 0.6) is 0 Å². The zero-order valence-electron chi connectivity index (χ0n) is 12.9. The standard InChI is InChI=1S/C14H17ClN2O6S/c1-2-7-17-24(21,22)12-8-9(3-4-10(12)15)11(18)5-6-13(19)23-14(16)20/h3-4,8,17H,2,5-7H2,1H3,(H2,16,20). The number of nitrogens with two attached hydrogens (primary N) is 1. The van der Waals surface area contributed by atoms with Crippen LogP contribution in [-0.2, 0) is 19.6 Å². The second-order valence-electron chi connectivity index (χ2n) is 4.76. The number of ketones is 1. The Morgan fingerprint density at radius 1 is 1.25 bits per heavy atom. The van der Waals surface area contributed by atoms with Crippen molar-refractivity contribution < 1.29 is 27.5 Å². The van der Waals surface area contributed by atoms with Crippen LogP contribution in [0.25, 0.3) is 0 Å². The van der Waals surface area contributed by atoms with Crippen LogP contribution in [0, 0.1) is 0 Å². The maximum absolute atomic E-state index is 12.1. The van der Waals surface area contributed by atoms with Gasteiger partial charge in [0.15, 0.2) is 5.78 Å². The van der Waals surface area contributed by atoms with E-state index in [2.05, 4.69) is 15.2 Å². The van der Waals surface area contributed by atoms with Gasteiger partial charge in [-0.3, -0.25) is 9.59 Å². The number of benzene rings is 1. The van der Waals surface area contributed by atoms with Crippen molar-refractivity contribution in [2.75, 3.05) is 6.54 Å². The molecule has 0 bridgehead atoms. The van der Waals surface area contributed by atoms with Gasteiger partial charge in [-0.05, 0) is 24.6 Å². The van der Waals surface area contributed by atoms with E-state index < -0.39 is 27.9 Å². The van der Waals surface area contributed by atoms with Crippen LogP contribution in [-0.4, -0.2) is 32.8 Å². The molecule has 0 saturated heterocycles.